The fraction of sp³-hybridized carbons (Fsp3) is 0.778. The SMILES string of the molecule is CCC(CCCn1cncn1)NC. The first kappa shape index (κ1) is 10.2. The number of aryl methyl sites for hydroxylation is 1. The molecule has 13 heavy (non-hydrogen) atoms. The van der Waals surface area contributed by atoms with Crippen LogP contribution in [0.2, 0.25) is 0 Å². The van der Waals surface area contributed by atoms with E-state index in [1.54, 1.807) is 12.7 Å². The lowest BCUT2D eigenvalue weighted by molar-refractivity contribution is 0.456. The van der Waals surface area contributed by atoms with Gasteiger partial charge in [0, 0.05) is 12.6 Å². The van der Waals surface area contributed by atoms with Gasteiger partial charge in [0.1, 0.15) is 12.7 Å². The fourth-order valence-corrected chi connectivity index (χ4v) is 1.40. The summed E-state index contributed by atoms with van der Waals surface area (Å²) in [7, 11) is 2.02. The highest BCUT2D eigenvalue weighted by Crippen LogP contribution is 2.01. The highest BCUT2D eigenvalue weighted by Gasteiger charge is 2.01. The molecule has 1 unspecified atom stereocenters. The molecule has 0 saturated carbocycles. The zero-order chi connectivity index (χ0) is 9.52. The molecule has 1 aromatic rings. The van der Waals surface area contributed by atoms with E-state index in [0.717, 1.165) is 13.0 Å². The van der Waals surface area contributed by atoms with E-state index in [4.69, 9.17) is 0 Å². The van der Waals surface area contributed by atoms with Crippen molar-refractivity contribution < 1.29 is 0 Å². The van der Waals surface area contributed by atoms with E-state index in [1.807, 2.05) is 11.7 Å². The van der Waals surface area contributed by atoms with Crippen molar-refractivity contribution in [2.75, 3.05) is 7.05 Å². The molecule has 0 spiro atoms. The Kier molecular flexibility index (Phi) is 4.46. The van der Waals surface area contributed by atoms with Gasteiger partial charge in [-0.05, 0) is 26.3 Å². The molecule has 4 heteroatoms. The average molecular weight is 182 g/mol. The van der Waals surface area contributed by atoms with Gasteiger partial charge in [-0.2, -0.15) is 5.10 Å². The van der Waals surface area contributed by atoms with Crippen LogP contribution in [-0.4, -0.2) is 27.9 Å². The van der Waals surface area contributed by atoms with Crippen LogP contribution in [0, 0.1) is 0 Å². The smallest absolute Gasteiger partial charge is 0.137 e. The van der Waals surface area contributed by atoms with Crippen LogP contribution >= 0.6 is 0 Å². The molecular weight excluding hydrogens is 164 g/mol. The second kappa shape index (κ2) is 5.70. The lowest BCUT2D eigenvalue weighted by Gasteiger charge is -2.12. The Balaban J connectivity index is 2.13. The summed E-state index contributed by atoms with van der Waals surface area (Å²) in [6, 6.07) is 0.642. The van der Waals surface area contributed by atoms with Gasteiger partial charge < -0.3 is 5.32 Å². The zero-order valence-corrected chi connectivity index (χ0v) is 8.40. The summed E-state index contributed by atoms with van der Waals surface area (Å²) in [4.78, 5) is 3.90. The lowest BCUT2D eigenvalue weighted by Crippen LogP contribution is -2.24. The quantitative estimate of drug-likeness (QED) is 0.715. The van der Waals surface area contributed by atoms with Crippen LogP contribution in [0.4, 0.5) is 0 Å². The predicted octanol–water partition coefficient (Wildman–Crippen LogP) is 1.06. The normalized spacial score (nSPS) is 13.1. The standard InChI is InChI=1S/C9H18N4/c1-3-9(10-2)5-4-6-13-8-11-7-12-13/h7-10H,3-6H2,1-2H3. The maximum atomic E-state index is 4.05. The molecule has 0 amide bonds. The molecule has 1 heterocycles. The highest BCUT2D eigenvalue weighted by molar-refractivity contribution is 4.62. The number of hydrogen-bond acceptors (Lipinski definition) is 3. The molecule has 1 aromatic heterocycles. The third kappa shape index (κ3) is 3.55. The molecular formula is C9H18N4. The van der Waals surface area contributed by atoms with Crippen molar-refractivity contribution in [2.45, 2.75) is 38.8 Å². The van der Waals surface area contributed by atoms with Crippen molar-refractivity contribution >= 4 is 0 Å². The van der Waals surface area contributed by atoms with Crippen LogP contribution in [0.25, 0.3) is 0 Å². The molecule has 4 nitrogen and oxygen atoms in total. The van der Waals surface area contributed by atoms with Crippen LogP contribution in [0.5, 0.6) is 0 Å². The van der Waals surface area contributed by atoms with E-state index in [2.05, 4.69) is 22.3 Å². The van der Waals surface area contributed by atoms with Crippen LogP contribution in [0.3, 0.4) is 0 Å². The van der Waals surface area contributed by atoms with Gasteiger partial charge in [0.05, 0.1) is 0 Å². The Morgan fingerprint density at radius 2 is 2.38 bits per heavy atom. The van der Waals surface area contributed by atoms with E-state index in [1.165, 1.54) is 12.8 Å². The van der Waals surface area contributed by atoms with Crippen molar-refractivity contribution in [1.82, 2.24) is 20.1 Å². The molecule has 0 saturated heterocycles. The van der Waals surface area contributed by atoms with Crippen LogP contribution in [-0.2, 0) is 6.54 Å². The summed E-state index contributed by atoms with van der Waals surface area (Å²) in [6.07, 6.45) is 6.89. The minimum absolute atomic E-state index is 0.642. The number of nitrogens with one attached hydrogen (secondary N) is 1. The number of nitrogens with zero attached hydrogens (tertiary/aromatic N) is 3. The second-order valence-electron chi connectivity index (χ2n) is 3.19. The van der Waals surface area contributed by atoms with Crippen molar-refractivity contribution in [3.05, 3.63) is 12.7 Å². The average Bonchev–Trinajstić information content (AvgIpc) is 2.65. The lowest BCUT2D eigenvalue weighted by atomic mass is 10.1. The minimum atomic E-state index is 0.642. The Labute approximate surface area is 79.4 Å². The first-order chi connectivity index (χ1) is 6.36. The molecule has 74 valence electrons. The van der Waals surface area contributed by atoms with Gasteiger partial charge in [-0.25, -0.2) is 4.98 Å². The minimum Gasteiger partial charge on any atom is -0.317 e. The van der Waals surface area contributed by atoms with Crippen molar-refractivity contribution in [3.63, 3.8) is 0 Å². The van der Waals surface area contributed by atoms with Gasteiger partial charge in [0.15, 0.2) is 0 Å². The highest BCUT2D eigenvalue weighted by atomic mass is 15.3. The predicted molar refractivity (Wildman–Crippen MR) is 52.4 cm³/mol. The molecule has 1 rings (SSSR count). The van der Waals surface area contributed by atoms with E-state index < -0.39 is 0 Å². The third-order valence-corrected chi connectivity index (χ3v) is 2.31. The number of aromatic nitrogens is 3. The number of hydrogen-bond donors (Lipinski definition) is 1. The van der Waals surface area contributed by atoms with E-state index >= 15 is 0 Å². The second-order valence-corrected chi connectivity index (χ2v) is 3.19. The van der Waals surface area contributed by atoms with Crippen LogP contribution < -0.4 is 5.32 Å². The molecule has 0 aliphatic heterocycles. The largest absolute Gasteiger partial charge is 0.317 e. The maximum absolute atomic E-state index is 4.05. The summed E-state index contributed by atoms with van der Waals surface area (Å²) >= 11 is 0. The van der Waals surface area contributed by atoms with Crippen molar-refractivity contribution in [3.8, 4) is 0 Å². The third-order valence-electron chi connectivity index (χ3n) is 2.31. The molecule has 0 bridgehead atoms. The van der Waals surface area contributed by atoms with E-state index in [0.29, 0.717) is 6.04 Å². The Morgan fingerprint density at radius 3 is 2.92 bits per heavy atom. The van der Waals surface area contributed by atoms with E-state index in [9.17, 15) is 0 Å². The number of rotatable bonds is 6. The van der Waals surface area contributed by atoms with Gasteiger partial charge in [0.25, 0.3) is 0 Å². The molecule has 0 aromatic carbocycles. The van der Waals surface area contributed by atoms with Gasteiger partial charge in [-0.3, -0.25) is 4.68 Å². The van der Waals surface area contributed by atoms with Gasteiger partial charge >= 0.3 is 0 Å². The van der Waals surface area contributed by atoms with E-state index in [-0.39, 0.29) is 0 Å². The first-order valence-electron chi connectivity index (χ1n) is 4.86. The molecule has 0 fully saturated rings. The molecule has 0 radical (unpaired) electrons. The Bertz CT molecular complexity index is 203. The molecule has 0 aliphatic carbocycles. The van der Waals surface area contributed by atoms with Crippen LogP contribution in [0.15, 0.2) is 12.7 Å². The summed E-state index contributed by atoms with van der Waals surface area (Å²) in [5.74, 6) is 0. The monoisotopic (exact) mass is 182 g/mol. The summed E-state index contributed by atoms with van der Waals surface area (Å²) in [5, 5.41) is 7.34. The van der Waals surface area contributed by atoms with Gasteiger partial charge in [0.2, 0.25) is 0 Å². The van der Waals surface area contributed by atoms with Crippen molar-refractivity contribution in [1.29, 1.82) is 0 Å². The van der Waals surface area contributed by atoms with Gasteiger partial charge in [-0.15, -0.1) is 0 Å². The first-order valence-corrected chi connectivity index (χ1v) is 4.86. The summed E-state index contributed by atoms with van der Waals surface area (Å²) in [5.41, 5.74) is 0. The van der Waals surface area contributed by atoms with Gasteiger partial charge in [-0.1, -0.05) is 6.92 Å². The van der Waals surface area contributed by atoms with Crippen LogP contribution in [0.1, 0.15) is 26.2 Å². The molecule has 0 aliphatic rings. The fourth-order valence-electron chi connectivity index (χ4n) is 1.40. The van der Waals surface area contributed by atoms with Crippen molar-refractivity contribution in [2.24, 2.45) is 0 Å². The maximum Gasteiger partial charge on any atom is 0.137 e. The molecule has 1 N–H and O–H groups in total. The Morgan fingerprint density at radius 1 is 1.54 bits per heavy atom. The summed E-state index contributed by atoms with van der Waals surface area (Å²) < 4.78 is 1.88. The zero-order valence-electron chi connectivity index (χ0n) is 8.40. The summed E-state index contributed by atoms with van der Waals surface area (Å²) in [6.45, 7) is 3.18. The Hall–Kier alpha value is -0.900. The topological polar surface area (TPSA) is 42.7 Å². The molecule has 1 atom stereocenters.